The number of anilines is 1. The van der Waals surface area contributed by atoms with E-state index in [4.69, 9.17) is 10.5 Å². The number of nitrogen functional groups attached to an aromatic ring is 1. The van der Waals surface area contributed by atoms with E-state index in [2.05, 4.69) is 10.00 Å². The molecule has 0 spiro atoms. The molecule has 1 aliphatic rings. The van der Waals surface area contributed by atoms with Gasteiger partial charge in [0, 0.05) is 13.6 Å². The fourth-order valence-electron chi connectivity index (χ4n) is 2.44. The van der Waals surface area contributed by atoms with E-state index in [-0.39, 0.29) is 5.97 Å². The van der Waals surface area contributed by atoms with Crippen LogP contribution < -0.4 is 5.73 Å². The first kappa shape index (κ1) is 13.9. The molecule has 0 saturated carbocycles. The van der Waals surface area contributed by atoms with Crippen molar-refractivity contribution in [3.63, 3.8) is 0 Å². The third-order valence-electron chi connectivity index (χ3n) is 3.51. The van der Waals surface area contributed by atoms with Gasteiger partial charge in [-0.05, 0) is 39.3 Å². The molecule has 1 aromatic rings. The number of rotatable bonds is 5. The van der Waals surface area contributed by atoms with Crippen molar-refractivity contribution in [1.29, 1.82) is 0 Å². The highest BCUT2D eigenvalue weighted by molar-refractivity contribution is 5.93. The molecule has 6 heteroatoms. The first-order valence-corrected chi connectivity index (χ1v) is 6.78. The molecule has 1 aromatic heterocycles. The summed E-state index contributed by atoms with van der Waals surface area (Å²) in [6, 6.07) is 0. The number of likely N-dealkylation sites (tertiary alicyclic amines) is 1. The van der Waals surface area contributed by atoms with Crippen molar-refractivity contribution in [2.24, 2.45) is 7.05 Å². The van der Waals surface area contributed by atoms with Crippen LogP contribution in [0.5, 0.6) is 0 Å². The third kappa shape index (κ3) is 3.26. The van der Waals surface area contributed by atoms with Crippen molar-refractivity contribution in [3.05, 3.63) is 11.4 Å². The maximum Gasteiger partial charge on any atom is 0.358 e. The van der Waals surface area contributed by atoms with Gasteiger partial charge in [-0.3, -0.25) is 4.68 Å². The van der Waals surface area contributed by atoms with E-state index in [9.17, 15) is 4.79 Å². The van der Waals surface area contributed by atoms with Crippen LogP contribution in [0.15, 0.2) is 0 Å². The predicted octanol–water partition coefficient (Wildman–Crippen LogP) is 0.953. The minimum atomic E-state index is -0.387. The maximum atomic E-state index is 11.9. The summed E-state index contributed by atoms with van der Waals surface area (Å²) in [4.78, 5) is 14.3. The van der Waals surface area contributed by atoms with E-state index in [0.717, 1.165) is 13.0 Å². The van der Waals surface area contributed by atoms with Gasteiger partial charge in [0.2, 0.25) is 0 Å². The molecule has 106 valence electrons. The Kier molecular flexibility index (Phi) is 4.42. The molecular weight excluding hydrogens is 244 g/mol. The first-order valence-electron chi connectivity index (χ1n) is 6.78. The molecule has 0 bridgehead atoms. The van der Waals surface area contributed by atoms with Crippen LogP contribution in [0.25, 0.3) is 0 Å². The van der Waals surface area contributed by atoms with E-state index in [1.165, 1.54) is 30.6 Å². The van der Waals surface area contributed by atoms with Gasteiger partial charge < -0.3 is 15.4 Å². The smallest absolute Gasteiger partial charge is 0.358 e. The zero-order chi connectivity index (χ0) is 13.8. The fraction of sp³-hybridized carbons (Fsp3) is 0.692. The van der Waals surface area contributed by atoms with E-state index >= 15 is 0 Å². The monoisotopic (exact) mass is 266 g/mol. The highest BCUT2D eigenvalue weighted by Gasteiger charge is 2.19. The Morgan fingerprint density at radius 1 is 1.42 bits per heavy atom. The van der Waals surface area contributed by atoms with Gasteiger partial charge in [0.25, 0.3) is 0 Å². The highest BCUT2D eigenvalue weighted by Crippen LogP contribution is 2.16. The molecule has 1 aliphatic heterocycles. The minimum Gasteiger partial charge on any atom is -0.461 e. The fourth-order valence-corrected chi connectivity index (χ4v) is 2.44. The van der Waals surface area contributed by atoms with Gasteiger partial charge in [-0.1, -0.05) is 0 Å². The molecular formula is C13H22N4O2. The molecule has 2 heterocycles. The lowest BCUT2D eigenvalue weighted by atomic mass is 10.3. The Morgan fingerprint density at radius 2 is 2.11 bits per heavy atom. The van der Waals surface area contributed by atoms with E-state index in [1.54, 1.807) is 14.0 Å². The Hall–Kier alpha value is -1.56. The molecule has 0 aliphatic carbocycles. The predicted molar refractivity (Wildman–Crippen MR) is 72.9 cm³/mol. The second kappa shape index (κ2) is 6.06. The number of hydrogen-bond donors (Lipinski definition) is 1. The van der Waals surface area contributed by atoms with Gasteiger partial charge >= 0.3 is 5.97 Å². The molecule has 0 aromatic carbocycles. The summed E-state index contributed by atoms with van der Waals surface area (Å²) in [7, 11) is 1.70. The van der Waals surface area contributed by atoms with Gasteiger partial charge in [-0.15, -0.1) is 0 Å². The van der Waals surface area contributed by atoms with Crippen molar-refractivity contribution in [2.75, 3.05) is 32.0 Å². The Labute approximate surface area is 113 Å². The summed E-state index contributed by atoms with van der Waals surface area (Å²) in [6.45, 7) is 5.54. The molecule has 1 fully saturated rings. The van der Waals surface area contributed by atoms with Crippen molar-refractivity contribution in [3.8, 4) is 0 Å². The standard InChI is InChI=1S/C13H22N4O2/c1-10-11(14)12(16(2)15-10)13(18)19-9-5-8-17-6-3-4-7-17/h3-9,14H2,1-2H3. The zero-order valence-electron chi connectivity index (χ0n) is 11.7. The molecule has 0 amide bonds. The Bertz CT molecular complexity index is 450. The lowest BCUT2D eigenvalue weighted by Crippen LogP contribution is -2.22. The second-order valence-electron chi connectivity index (χ2n) is 5.01. The number of aromatic nitrogens is 2. The summed E-state index contributed by atoms with van der Waals surface area (Å²) < 4.78 is 6.74. The van der Waals surface area contributed by atoms with Crippen molar-refractivity contribution < 1.29 is 9.53 Å². The SMILES string of the molecule is Cc1nn(C)c(C(=O)OCCCN2CCCC2)c1N. The number of nitrogens with two attached hydrogens (primary N) is 1. The van der Waals surface area contributed by atoms with Gasteiger partial charge in [0.1, 0.15) is 0 Å². The van der Waals surface area contributed by atoms with Crippen molar-refractivity contribution in [2.45, 2.75) is 26.2 Å². The van der Waals surface area contributed by atoms with Crippen LogP contribution in [-0.2, 0) is 11.8 Å². The van der Waals surface area contributed by atoms with Gasteiger partial charge in [-0.25, -0.2) is 4.79 Å². The normalized spacial score (nSPS) is 15.9. The Morgan fingerprint density at radius 3 is 2.68 bits per heavy atom. The van der Waals surface area contributed by atoms with Crippen molar-refractivity contribution >= 4 is 11.7 Å². The molecule has 19 heavy (non-hydrogen) atoms. The number of esters is 1. The molecule has 6 nitrogen and oxygen atoms in total. The minimum absolute atomic E-state index is 0.346. The average molecular weight is 266 g/mol. The number of aryl methyl sites for hydroxylation is 2. The van der Waals surface area contributed by atoms with Crippen LogP contribution in [0.1, 0.15) is 35.4 Å². The molecule has 2 N–H and O–H groups in total. The van der Waals surface area contributed by atoms with Crippen LogP contribution in [-0.4, -0.2) is 46.9 Å². The van der Waals surface area contributed by atoms with E-state index < -0.39 is 0 Å². The highest BCUT2D eigenvalue weighted by atomic mass is 16.5. The summed E-state index contributed by atoms with van der Waals surface area (Å²) in [6.07, 6.45) is 3.43. The van der Waals surface area contributed by atoms with Crippen LogP contribution in [0.3, 0.4) is 0 Å². The molecule has 0 atom stereocenters. The lowest BCUT2D eigenvalue weighted by Gasteiger charge is -2.14. The summed E-state index contributed by atoms with van der Waals surface area (Å²) in [5, 5.41) is 4.11. The quantitative estimate of drug-likeness (QED) is 0.634. The molecule has 1 saturated heterocycles. The maximum absolute atomic E-state index is 11.9. The average Bonchev–Trinajstić information content (AvgIpc) is 2.95. The summed E-state index contributed by atoms with van der Waals surface area (Å²) in [5.74, 6) is -0.387. The van der Waals surface area contributed by atoms with E-state index in [0.29, 0.717) is 23.7 Å². The summed E-state index contributed by atoms with van der Waals surface area (Å²) >= 11 is 0. The topological polar surface area (TPSA) is 73.4 Å². The number of nitrogens with zero attached hydrogens (tertiary/aromatic N) is 3. The molecule has 2 rings (SSSR count). The number of hydrogen-bond acceptors (Lipinski definition) is 5. The summed E-state index contributed by atoms with van der Waals surface area (Å²) in [5.41, 5.74) is 7.23. The van der Waals surface area contributed by atoms with Gasteiger partial charge in [0.15, 0.2) is 5.69 Å². The second-order valence-corrected chi connectivity index (χ2v) is 5.01. The third-order valence-corrected chi connectivity index (χ3v) is 3.51. The molecule has 0 radical (unpaired) electrons. The van der Waals surface area contributed by atoms with Gasteiger partial charge in [0.05, 0.1) is 18.0 Å². The lowest BCUT2D eigenvalue weighted by molar-refractivity contribution is 0.0479. The number of carbonyl (C=O) groups excluding carboxylic acids is 1. The van der Waals surface area contributed by atoms with Crippen LogP contribution in [0.2, 0.25) is 0 Å². The van der Waals surface area contributed by atoms with E-state index in [1.807, 2.05) is 0 Å². The van der Waals surface area contributed by atoms with Gasteiger partial charge in [-0.2, -0.15) is 5.10 Å². The number of carbonyl (C=O) groups is 1. The largest absolute Gasteiger partial charge is 0.461 e. The molecule has 0 unspecified atom stereocenters. The first-order chi connectivity index (χ1) is 9.09. The van der Waals surface area contributed by atoms with Crippen LogP contribution in [0.4, 0.5) is 5.69 Å². The number of ether oxygens (including phenoxy) is 1. The zero-order valence-corrected chi connectivity index (χ0v) is 11.7. The Balaban J connectivity index is 1.77. The van der Waals surface area contributed by atoms with Crippen LogP contribution >= 0.6 is 0 Å². The van der Waals surface area contributed by atoms with Crippen LogP contribution in [0, 0.1) is 6.92 Å². The van der Waals surface area contributed by atoms with Crippen molar-refractivity contribution in [1.82, 2.24) is 14.7 Å².